The van der Waals surface area contributed by atoms with Crippen LogP contribution in [-0.4, -0.2) is 275 Å². The summed E-state index contributed by atoms with van der Waals surface area (Å²) < 4.78 is 136. The van der Waals surface area contributed by atoms with Crippen molar-refractivity contribution in [2.45, 2.75) is 86.1 Å². The van der Waals surface area contributed by atoms with Gasteiger partial charge in [-0.2, -0.15) is 0 Å². The second-order valence-corrected chi connectivity index (χ2v) is 30.8. The van der Waals surface area contributed by atoms with E-state index in [1.807, 2.05) is 38.4 Å². The molecule has 0 saturated heterocycles. The third-order valence-corrected chi connectivity index (χ3v) is 21.3. The standard InChI is InChI=1S/C74H108Cl4N2O21S2/c1-79-55-69(67-51-61(75)53-73(77)71(67)57-79)59-9-3-13-65(49-59)102(83,84)47-7-19-89-25-31-93-29-23-87-17-5-11-63(81)15-21-91-27-33-95-35-37-97-39-41-99-43-45-101-46-44-100-42-40-98-38-36-96-34-28-92-22-16-64(82)12-6-18-88-24-30-94-32-26-90-20-8-48-103(85,86)66-14-4-10-60(50-66)70-56-80(2)58-72-68(70)52-62(76)54-74(72)78/h3-4,9-10,13-14,49-54,69-70H,5-8,11-12,15-48,55-58H2,1-2H3. The molecule has 0 spiro atoms. The van der Waals surface area contributed by atoms with E-state index in [2.05, 4.69) is 9.80 Å². The Morgan fingerprint density at radius 3 is 0.903 bits per heavy atom. The molecule has 4 aromatic rings. The molecular formula is C74H108Cl4N2O21S2. The highest BCUT2D eigenvalue weighted by Crippen LogP contribution is 2.41. The van der Waals surface area contributed by atoms with Crippen LogP contribution in [0.15, 0.2) is 82.6 Å². The third kappa shape index (κ3) is 36.6. The van der Waals surface area contributed by atoms with Crippen LogP contribution >= 0.6 is 46.4 Å². The zero-order valence-electron chi connectivity index (χ0n) is 60.0. The summed E-state index contributed by atoms with van der Waals surface area (Å²) in [6, 6.07) is 21.6. The molecule has 580 valence electrons. The monoisotopic (exact) mass is 1560 g/mol. The summed E-state index contributed by atoms with van der Waals surface area (Å²) in [7, 11) is -3.01. The molecule has 2 aliphatic heterocycles. The Labute approximate surface area is 630 Å². The van der Waals surface area contributed by atoms with Crippen molar-refractivity contribution in [1.29, 1.82) is 0 Å². The van der Waals surface area contributed by atoms with Gasteiger partial charge in [-0.05, 0) is 122 Å². The fourth-order valence-corrected chi connectivity index (χ4v) is 15.2. The zero-order valence-corrected chi connectivity index (χ0v) is 64.6. The van der Waals surface area contributed by atoms with Gasteiger partial charge in [-0.3, -0.25) is 9.59 Å². The Hall–Kier alpha value is -3.40. The topological polar surface area (TPSA) is 247 Å². The van der Waals surface area contributed by atoms with Crippen molar-refractivity contribution in [3.63, 3.8) is 0 Å². The summed E-state index contributed by atoms with van der Waals surface area (Å²) in [6.45, 7) is 14.8. The largest absolute Gasteiger partial charge is 0.379 e. The molecule has 0 N–H and O–H groups in total. The summed E-state index contributed by atoms with van der Waals surface area (Å²) in [5, 5.41) is 2.35. The van der Waals surface area contributed by atoms with E-state index in [-0.39, 0.29) is 44.7 Å². The number of hydrogen-bond donors (Lipinski definition) is 0. The molecule has 2 aliphatic rings. The molecule has 0 amide bonds. The van der Waals surface area contributed by atoms with Crippen molar-refractivity contribution in [2.75, 3.05) is 237 Å². The van der Waals surface area contributed by atoms with E-state index < -0.39 is 19.7 Å². The average Bonchev–Trinajstić information content (AvgIpc) is 0.818. The molecule has 0 aliphatic carbocycles. The Morgan fingerprint density at radius 1 is 0.350 bits per heavy atom. The highest BCUT2D eigenvalue weighted by atomic mass is 35.5. The molecule has 0 saturated carbocycles. The summed E-state index contributed by atoms with van der Waals surface area (Å²) in [5.41, 5.74) is 5.89. The van der Waals surface area contributed by atoms with Crippen LogP contribution in [0.25, 0.3) is 0 Å². The van der Waals surface area contributed by atoms with Gasteiger partial charge in [-0.15, -0.1) is 0 Å². The van der Waals surface area contributed by atoms with E-state index in [0.717, 1.165) is 46.5 Å². The fourth-order valence-electron chi connectivity index (χ4n) is 11.4. The summed E-state index contributed by atoms with van der Waals surface area (Å²) in [5.74, 6) is 0.0544. The van der Waals surface area contributed by atoms with Gasteiger partial charge >= 0.3 is 0 Å². The van der Waals surface area contributed by atoms with Crippen molar-refractivity contribution in [3.05, 3.63) is 126 Å². The highest BCUT2D eigenvalue weighted by Gasteiger charge is 2.30. The molecule has 2 heterocycles. The third-order valence-electron chi connectivity index (χ3n) is 16.6. The van der Waals surface area contributed by atoms with Crippen molar-refractivity contribution < 1.29 is 97.5 Å². The molecular weight excluding hydrogens is 1460 g/mol. The molecule has 23 nitrogen and oxygen atoms in total. The number of sulfone groups is 2. The number of halogens is 4. The molecule has 0 bridgehead atoms. The van der Waals surface area contributed by atoms with E-state index in [1.165, 1.54) is 0 Å². The number of rotatable bonds is 62. The number of ketones is 2. The summed E-state index contributed by atoms with van der Waals surface area (Å²) >= 11 is 25.8. The number of nitrogens with zero attached hydrogens (tertiary/aromatic N) is 2. The average molecular weight is 1570 g/mol. The Morgan fingerprint density at radius 2 is 0.612 bits per heavy atom. The van der Waals surface area contributed by atoms with Crippen LogP contribution in [0, 0.1) is 0 Å². The first-order valence-corrected chi connectivity index (χ1v) is 40.5. The van der Waals surface area contributed by atoms with Gasteiger partial charge in [0.15, 0.2) is 19.7 Å². The van der Waals surface area contributed by atoms with Crippen LogP contribution in [0.3, 0.4) is 0 Å². The number of benzene rings is 4. The van der Waals surface area contributed by atoms with Crippen LogP contribution in [0.2, 0.25) is 20.1 Å². The smallest absolute Gasteiger partial charge is 0.178 e. The van der Waals surface area contributed by atoms with Gasteiger partial charge in [0.2, 0.25) is 0 Å². The van der Waals surface area contributed by atoms with E-state index in [1.54, 1.807) is 48.5 Å². The SMILES string of the molecule is CN1Cc2c(Cl)cc(Cl)cc2C(c2cccc(S(=O)(=O)CCCOCCOCCOCCCC(=O)CCOCCOCCOCCOCCOCCOCCOCCOCCOCCC(=O)CCCOCCOCCOCCCS(=O)(=O)c3cccc(C4CN(C)Cc5c(Cl)cc(Cl)cc54)c3)c2)C1. The van der Waals surface area contributed by atoms with Gasteiger partial charge in [0, 0.05) is 110 Å². The minimum absolute atomic E-state index is 0.0313. The lowest BCUT2D eigenvalue weighted by atomic mass is 9.85. The lowest BCUT2D eigenvalue weighted by molar-refractivity contribution is -0.121. The van der Waals surface area contributed by atoms with E-state index in [9.17, 15) is 26.4 Å². The Kier molecular flexibility index (Phi) is 45.2. The first-order valence-electron chi connectivity index (χ1n) is 35.7. The maximum Gasteiger partial charge on any atom is 0.178 e. The lowest BCUT2D eigenvalue weighted by Gasteiger charge is -2.33. The number of carbonyl (C=O) groups is 2. The van der Waals surface area contributed by atoms with Gasteiger partial charge in [-0.25, -0.2) is 16.8 Å². The van der Waals surface area contributed by atoms with Crippen molar-refractivity contribution in [2.24, 2.45) is 0 Å². The number of fused-ring (bicyclic) bond motifs is 2. The van der Waals surface area contributed by atoms with Crippen LogP contribution in [0.1, 0.15) is 96.6 Å². The van der Waals surface area contributed by atoms with Gasteiger partial charge in [0.25, 0.3) is 0 Å². The maximum atomic E-state index is 13.3. The molecule has 2 atom stereocenters. The molecule has 0 fully saturated rings. The number of hydrogen-bond acceptors (Lipinski definition) is 23. The molecule has 0 aromatic heterocycles. The first kappa shape index (κ1) is 88.5. The van der Waals surface area contributed by atoms with Gasteiger partial charge in [0.05, 0.1) is 193 Å². The molecule has 103 heavy (non-hydrogen) atoms. The van der Waals surface area contributed by atoms with Crippen molar-refractivity contribution in [3.8, 4) is 0 Å². The number of ether oxygens (including phenoxy) is 15. The summed E-state index contributed by atoms with van der Waals surface area (Å²) in [4.78, 5) is 29.4. The first-order chi connectivity index (χ1) is 50.0. The van der Waals surface area contributed by atoms with E-state index in [0.29, 0.717) is 283 Å². The van der Waals surface area contributed by atoms with Crippen molar-refractivity contribution in [1.82, 2.24) is 9.80 Å². The van der Waals surface area contributed by atoms with Crippen LogP contribution < -0.4 is 0 Å². The van der Waals surface area contributed by atoms with Gasteiger partial charge in [0.1, 0.15) is 11.6 Å². The second kappa shape index (κ2) is 52.6. The predicted octanol–water partition coefficient (Wildman–Crippen LogP) is 10.2. The Balaban J connectivity index is 0.579. The molecule has 6 rings (SSSR count). The molecule has 0 radical (unpaired) electrons. The van der Waals surface area contributed by atoms with Crippen LogP contribution in [-0.2, 0) is 113 Å². The minimum Gasteiger partial charge on any atom is -0.379 e. The fraction of sp³-hybridized carbons (Fsp3) is 0.649. The molecule has 29 heteroatoms. The van der Waals surface area contributed by atoms with Crippen LogP contribution in [0.4, 0.5) is 0 Å². The quantitative estimate of drug-likeness (QED) is 0.0373. The minimum atomic E-state index is -3.52. The van der Waals surface area contributed by atoms with Crippen LogP contribution in [0.5, 0.6) is 0 Å². The number of likely N-dealkylation sites (N-methyl/N-ethyl adjacent to an activating group) is 2. The van der Waals surface area contributed by atoms with Crippen molar-refractivity contribution >= 4 is 77.6 Å². The highest BCUT2D eigenvalue weighted by molar-refractivity contribution is 7.91. The lowest BCUT2D eigenvalue weighted by Crippen LogP contribution is -2.31. The molecule has 2 unspecified atom stereocenters. The normalized spacial score (nSPS) is 15.1. The zero-order chi connectivity index (χ0) is 73.6. The van der Waals surface area contributed by atoms with Gasteiger partial charge in [-0.1, -0.05) is 70.7 Å². The number of Topliss-reactive ketones (excluding diaryl/α,β-unsaturated/α-hetero) is 2. The second-order valence-electron chi connectivity index (χ2n) is 24.9. The molecule has 4 aromatic carbocycles. The summed E-state index contributed by atoms with van der Waals surface area (Å²) in [6.07, 6.45) is 3.44. The Bertz CT molecular complexity index is 3060. The predicted molar refractivity (Wildman–Crippen MR) is 396 cm³/mol. The number of carbonyl (C=O) groups excluding carboxylic acids is 2. The maximum absolute atomic E-state index is 13.3. The van der Waals surface area contributed by atoms with E-state index >= 15 is 0 Å². The van der Waals surface area contributed by atoms with Gasteiger partial charge < -0.3 is 80.9 Å². The van der Waals surface area contributed by atoms with E-state index in [4.69, 9.17) is 117 Å².